The molecule has 0 atom stereocenters. The van der Waals surface area contributed by atoms with Crippen molar-refractivity contribution in [2.45, 2.75) is 6.92 Å². The maximum atomic E-state index is 13.6. The predicted octanol–water partition coefficient (Wildman–Crippen LogP) is 7.78. The molecule has 3 aromatic carbocycles. The van der Waals surface area contributed by atoms with E-state index in [9.17, 15) is 9.59 Å². The summed E-state index contributed by atoms with van der Waals surface area (Å²) in [5, 5.41) is 6.92. The van der Waals surface area contributed by atoms with E-state index in [1.807, 2.05) is 24.3 Å². The number of nitrogens with one attached hydrogen (secondary N) is 2. The van der Waals surface area contributed by atoms with Gasteiger partial charge in [0.25, 0.3) is 11.8 Å². The van der Waals surface area contributed by atoms with Gasteiger partial charge < -0.3 is 21.1 Å². The van der Waals surface area contributed by atoms with Gasteiger partial charge in [-0.25, -0.2) is 4.98 Å². The van der Waals surface area contributed by atoms with E-state index in [2.05, 4.69) is 26.6 Å². The van der Waals surface area contributed by atoms with Crippen molar-refractivity contribution in [2.24, 2.45) is 0 Å². The number of nitrogens with zero attached hydrogens (tertiary/aromatic N) is 1. The summed E-state index contributed by atoms with van der Waals surface area (Å²) in [6.45, 7) is 1.77. The van der Waals surface area contributed by atoms with Crippen molar-refractivity contribution in [1.82, 2.24) is 4.98 Å². The summed E-state index contributed by atoms with van der Waals surface area (Å²) >= 11 is 10.7. The molecule has 5 rings (SSSR count). The number of carbonyl (C=O) groups excluding carboxylic acids is 2. The van der Waals surface area contributed by atoms with Crippen LogP contribution in [0.5, 0.6) is 5.75 Å². The minimum absolute atomic E-state index is 0.256. The number of aryl methyl sites for hydroxylation is 1. The van der Waals surface area contributed by atoms with Gasteiger partial charge in [-0.3, -0.25) is 9.59 Å². The van der Waals surface area contributed by atoms with Crippen LogP contribution in [0.3, 0.4) is 0 Å². The first kappa shape index (κ1) is 26.7. The fraction of sp³-hybridized carbons (Fsp3) is 0.0690. The van der Waals surface area contributed by atoms with Crippen LogP contribution in [0.25, 0.3) is 21.3 Å². The minimum atomic E-state index is -0.368. The Morgan fingerprint density at radius 3 is 2.13 bits per heavy atom. The quantitative estimate of drug-likeness (QED) is 0.180. The summed E-state index contributed by atoms with van der Waals surface area (Å²) in [5.74, 6) is -0.0400. The lowest BCUT2D eigenvalue weighted by Crippen LogP contribution is -2.16. The molecule has 0 fully saturated rings. The van der Waals surface area contributed by atoms with Gasteiger partial charge in [-0.1, -0.05) is 39.7 Å². The zero-order valence-corrected chi connectivity index (χ0v) is 24.0. The number of amides is 2. The highest BCUT2D eigenvalue weighted by Crippen LogP contribution is 2.42. The van der Waals surface area contributed by atoms with Crippen molar-refractivity contribution in [3.63, 3.8) is 0 Å². The van der Waals surface area contributed by atoms with Gasteiger partial charge in [0.05, 0.1) is 24.1 Å². The van der Waals surface area contributed by atoms with E-state index < -0.39 is 0 Å². The lowest BCUT2D eigenvalue weighted by Gasteiger charge is -2.15. The monoisotopic (exact) mass is 620 g/mol. The Labute approximate surface area is 242 Å². The fourth-order valence-electron chi connectivity index (χ4n) is 4.21. The van der Waals surface area contributed by atoms with Gasteiger partial charge in [0, 0.05) is 31.8 Å². The maximum absolute atomic E-state index is 13.6. The van der Waals surface area contributed by atoms with Crippen LogP contribution in [-0.4, -0.2) is 23.9 Å². The van der Waals surface area contributed by atoms with E-state index >= 15 is 0 Å². The number of rotatable bonds is 6. The Balaban J connectivity index is 1.63. The van der Waals surface area contributed by atoms with Gasteiger partial charge >= 0.3 is 0 Å². The number of halogens is 2. The lowest BCUT2D eigenvalue weighted by atomic mass is 9.94. The maximum Gasteiger partial charge on any atom is 0.267 e. The molecule has 0 unspecified atom stereocenters. The first-order valence-corrected chi connectivity index (χ1v) is 13.7. The average molecular weight is 622 g/mol. The van der Waals surface area contributed by atoms with Gasteiger partial charge in [0.1, 0.15) is 15.5 Å². The van der Waals surface area contributed by atoms with Crippen LogP contribution in [0.2, 0.25) is 5.02 Å². The van der Waals surface area contributed by atoms with E-state index in [4.69, 9.17) is 27.1 Å². The number of hydrogen-bond donors (Lipinski definition) is 3. The number of ether oxygens (including phenoxy) is 1. The molecule has 0 bridgehead atoms. The van der Waals surface area contributed by atoms with Crippen molar-refractivity contribution >= 4 is 78.0 Å². The number of nitrogens with two attached hydrogens (primary N) is 1. The van der Waals surface area contributed by atoms with E-state index in [1.165, 1.54) is 11.3 Å². The summed E-state index contributed by atoms with van der Waals surface area (Å²) in [6, 6.07) is 21.4. The Bertz CT molecular complexity index is 1700. The summed E-state index contributed by atoms with van der Waals surface area (Å²) in [5.41, 5.74) is 10.3. The number of nitrogen functional groups attached to an aromatic ring is 1. The van der Waals surface area contributed by atoms with E-state index in [-0.39, 0.29) is 17.5 Å². The van der Waals surface area contributed by atoms with Crippen LogP contribution in [0, 0.1) is 6.92 Å². The number of carbonyl (C=O) groups is 2. The molecule has 0 spiro atoms. The number of thiophene rings is 1. The van der Waals surface area contributed by atoms with Crippen LogP contribution in [-0.2, 0) is 0 Å². The Morgan fingerprint density at radius 2 is 1.51 bits per heavy atom. The number of fused-ring (bicyclic) bond motifs is 1. The average Bonchev–Trinajstić information content (AvgIpc) is 3.25. The summed E-state index contributed by atoms with van der Waals surface area (Å²) in [6.07, 6.45) is 0. The first-order chi connectivity index (χ1) is 18.7. The molecular weight excluding hydrogens is 600 g/mol. The van der Waals surface area contributed by atoms with Crippen molar-refractivity contribution in [2.75, 3.05) is 23.5 Å². The van der Waals surface area contributed by atoms with E-state index in [0.29, 0.717) is 54.1 Å². The third-order valence-electron chi connectivity index (χ3n) is 6.07. The summed E-state index contributed by atoms with van der Waals surface area (Å²) in [4.78, 5) is 32.5. The third-order valence-corrected chi connectivity index (χ3v) is 7.95. The zero-order chi connectivity index (χ0) is 27.7. The highest BCUT2D eigenvalue weighted by atomic mass is 79.9. The first-order valence-electron chi connectivity index (χ1n) is 11.8. The van der Waals surface area contributed by atoms with Crippen molar-refractivity contribution in [3.05, 3.63) is 98.4 Å². The van der Waals surface area contributed by atoms with Crippen LogP contribution in [0.4, 0.5) is 17.1 Å². The van der Waals surface area contributed by atoms with Gasteiger partial charge in [-0.2, -0.15) is 0 Å². The van der Waals surface area contributed by atoms with Gasteiger partial charge in [-0.15, -0.1) is 11.3 Å². The molecule has 0 aliphatic heterocycles. The topological polar surface area (TPSA) is 106 Å². The normalized spacial score (nSPS) is 10.9. The molecule has 7 nitrogen and oxygen atoms in total. The van der Waals surface area contributed by atoms with Crippen LogP contribution < -0.4 is 21.1 Å². The fourth-order valence-corrected chi connectivity index (χ4v) is 5.64. The van der Waals surface area contributed by atoms with Crippen molar-refractivity contribution in [1.29, 1.82) is 0 Å². The standard InChI is InChI=1S/C29H22BrClN4O3S/c1-15-22(27(36)34-19-9-7-18(31)8-10-19)23(16-3-5-17(30)6-4-16)24-25(32)26(39-29(24)33-15)28(37)35-20-11-13-21(38-2)14-12-20/h3-14H,32H2,1-2H3,(H,34,36)(H,35,37). The molecule has 0 saturated heterocycles. The zero-order valence-electron chi connectivity index (χ0n) is 20.8. The van der Waals surface area contributed by atoms with Gasteiger partial charge in [-0.05, 0) is 73.2 Å². The molecule has 0 radical (unpaired) electrons. The molecule has 10 heteroatoms. The smallest absolute Gasteiger partial charge is 0.267 e. The molecule has 4 N–H and O–H groups in total. The molecule has 2 aromatic heterocycles. The summed E-state index contributed by atoms with van der Waals surface area (Å²) < 4.78 is 6.07. The SMILES string of the molecule is COc1ccc(NC(=O)c2sc3nc(C)c(C(=O)Nc4ccc(Cl)cc4)c(-c4ccc(Br)cc4)c3c2N)cc1. The number of aromatic nitrogens is 1. The highest BCUT2D eigenvalue weighted by molar-refractivity contribution is 9.10. The Morgan fingerprint density at radius 1 is 0.923 bits per heavy atom. The van der Waals surface area contributed by atoms with Crippen LogP contribution in [0.1, 0.15) is 25.7 Å². The largest absolute Gasteiger partial charge is 0.497 e. The van der Waals surface area contributed by atoms with E-state index in [0.717, 1.165) is 10.0 Å². The van der Waals surface area contributed by atoms with E-state index in [1.54, 1.807) is 62.6 Å². The number of pyridine rings is 1. The molecule has 2 heterocycles. The number of benzene rings is 3. The van der Waals surface area contributed by atoms with Crippen molar-refractivity contribution in [3.8, 4) is 16.9 Å². The molecule has 2 amide bonds. The van der Waals surface area contributed by atoms with Crippen LogP contribution >= 0.6 is 38.9 Å². The molecule has 0 aliphatic carbocycles. The van der Waals surface area contributed by atoms with Crippen LogP contribution in [0.15, 0.2) is 77.3 Å². The number of methoxy groups -OCH3 is 1. The third kappa shape index (κ3) is 5.47. The second-order valence-corrected chi connectivity index (χ2v) is 11.0. The highest BCUT2D eigenvalue weighted by Gasteiger charge is 2.27. The number of hydrogen-bond acceptors (Lipinski definition) is 6. The van der Waals surface area contributed by atoms with Gasteiger partial charge in [0.15, 0.2) is 0 Å². The molecule has 196 valence electrons. The lowest BCUT2D eigenvalue weighted by molar-refractivity contribution is 0.102. The van der Waals surface area contributed by atoms with Crippen molar-refractivity contribution < 1.29 is 14.3 Å². The number of anilines is 3. The Kier molecular flexibility index (Phi) is 7.56. The minimum Gasteiger partial charge on any atom is -0.497 e. The molecule has 0 aliphatic rings. The second-order valence-electron chi connectivity index (χ2n) is 8.62. The molecule has 0 saturated carbocycles. The molecular formula is C29H22BrClN4O3S. The molecule has 39 heavy (non-hydrogen) atoms. The van der Waals surface area contributed by atoms with Gasteiger partial charge in [0.2, 0.25) is 0 Å². The predicted molar refractivity (Wildman–Crippen MR) is 162 cm³/mol. The molecule has 5 aromatic rings. The second kappa shape index (κ2) is 11.1. The summed E-state index contributed by atoms with van der Waals surface area (Å²) in [7, 11) is 1.58. The Hall–Kier alpha value is -3.92.